The van der Waals surface area contributed by atoms with E-state index in [2.05, 4.69) is 5.32 Å². The topological polar surface area (TPSA) is 79.0 Å². The Labute approximate surface area is 144 Å². The lowest BCUT2D eigenvalue weighted by Gasteiger charge is -2.33. The first-order valence-electron chi connectivity index (χ1n) is 8.58. The third-order valence-electron chi connectivity index (χ3n) is 4.26. The van der Waals surface area contributed by atoms with E-state index in [0.29, 0.717) is 25.4 Å². The normalized spacial score (nSPS) is 18.9. The van der Waals surface area contributed by atoms with Crippen molar-refractivity contribution in [1.29, 1.82) is 0 Å². The Kier molecular flexibility index (Phi) is 8.01. The molecule has 1 saturated heterocycles. The van der Waals surface area contributed by atoms with E-state index >= 15 is 0 Å². The Morgan fingerprint density at radius 1 is 1.29 bits per heavy atom. The summed E-state index contributed by atoms with van der Waals surface area (Å²) in [5.41, 5.74) is 0. The fraction of sp³-hybridized carbons (Fsp3) is 0.824. The highest BCUT2D eigenvalue weighted by Gasteiger charge is 2.30. The molecule has 0 unspecified atom stereocenters. The van der Waals surface area contributed by atoms with Crippen LogP contribution in [-0.4, -0.2) is 68.5 Å². The van der Waals surface area contributed by atoms with Gasteiger partial charge in [-0.2, -0.15) is 0 Å². The smallest absolute Gasteiger partial charge is 0.319 e. The van der Waals surface area contributed by atoms with Gasteiger partial charge in [0, 0.05) is 33.7 Å². The molecule has 1 N–H and O–H groups in total. The minimum atomic E-state index is -0.331. The van der Waals surface area contributed by atoms with Gasteiger partial charge in [-0.05, 0) is 25.2 Å². The number of hydrogen-bond acceptors (Lipinski definition) is 4. The van der Waals surface area contributed by atoms with Crippen molar-refractivity contribution >= 4 is 17.9 Å². The van der Waals surface area contributed by atoms with Crippen molar-refractivity contribution in [2.75, 3.05) is 40.8 Å². The summed E-state index contributed by atoms with van der Waals surface area (Å²) in [7, 11) is 4.78. The van der Waals surface area contributed by atoms with Crippen LogP contribution in [0.1, 0.15) is 33.1 Å². The average molecular weight is 341 g/mol. The van der Waals surface area contributed by atoms with E-state index < -0.39 is 0 Å². The van der Waals surface area contributed by atoms with Crippen LogP contribution in [0.4, 0.5) is 4.79 Å². The number of carbonyl (C=O) groups is 3. The van der Waals surface area contributed by atoms with E-state index in [-0.39, 0.29) is 36.3 Å². The monoisotopic (exact) mass is 341 g/mol. The average Bonchev–Trinajstić information content (AvgIpc) is 2.56. The zero-order valence-corrected chi connectivity index (χ0v) is 15.5. The molecule has 1 aliphatic heterocycles. The highest BCUT2D eigenvalue weighted by molar-refractivity contribution is 5.81. The van der Waals surface area contributed by atoms with Crippen molar-refractivity contribution in [3.8, 4) is 0 Å². The zero-order valence-electron chi connectivity index (χ0n) is 15.5. The van der Waals surface area contributed by atoms with Crippen LogP contribution < -0.4 is 5.32 Å². The van der Waals surface area contributed by atoms with Crippen LogP contribution in [0.3, 0.4) is 0 Å². The van der Waals surface area contributed by atoms with Crippen LogP contribution in [0.2, 0.25) is 0 Å². The summed E-state index contributed by atoms with van der Waals surface area (Å²) < 4.78 is 4.82. The van der Waals surface area contributed by atoms with Crippen LogP contribution >= 0.6 is 0 Å². The van der Waals surface area contributed by atoms with Gasteiger partial charge in [0.05, 0.1) is 18.9 Å². The van der Waals surface area contributed by atoms with Crippen molar-refractivity contribution in [1.82, 2.24) is 15.1 Å². The molecular formula is C17H31N3O4. The Balaban J connectivity index is 2.56. The molecule has 0 aromatic rings. The van der Waals surface area contributed by atoms with E-state index in [1.54, 1.807) is 19.0 Å². The Morgan fingerprint density at radius 2 is 1.96 bits per heavy atom. The maximum absolute atomic E-state index is 12.4. The molecule has 7 nitrogen and oxygen atoms in total. The molecule has 0 aromatic carbocycles. The van der Waals surface area contributed by atoms with Gasteiger partial charge in [0.2, 0.25) is 5.91 Å². The fourth-order valence-corrected chi connectivity index (χ4v) is 3.01. The van der Waals surface area contributed by atoms with Gasteiger partial charge in [-0.1, -0.05) is 13.8 Å². The first-order chi connectivity index (χ1) is 11.3. The minimum absolute atomic E-state index is 0.0697. The number of carbonyl (C=O) groups excluding carboxylic acids is 3. The quantitative estimate of drug-likeness (QED) is 0.739. The first-order valence-corrected chi connectivity index (χ1v) is 8.58. The maximum Gasteiger partial charge on any atom is 0.319 e. The number of hydrogen-bond donors (Lipinski definition) is 1. The van der Waals surface area contributed by atoms with Crippen LogP contribution in [-0.2, 0) is 14.3 Å². The van der Waals surface area contributed by atoms with Gasteiger partial charge in [-0.15, -0.1) is 0 Å². The van der Waals surface area contributed by atoms with E-state index in [1.807, 2.05) is 13.8 Å². The predicted octanol–water partition coefficient (Wildman–Crippen LogP) is 1.33. The van der Waals surface area contributed by atoms with Crippen LogP contribution in [0.25, 0.3) is 0 Å². The predicted molar refractivity (Wildman–Crippen MR) is 91.4 cm³/mol. The molecule has 7 heteroatoms. The molecule has 1 aliphatic rings. The van der Waals surface area contributed by atoms with Gasteiger partial charge in [0.15, 0.2) is 0 Å². The van der Waals surface area contributed by atoms with Gasteiger partial charge in [0.25, 0.3) is 0 Å². The highest BCUT2D eigenvalue weighted by Crippen LogP contribution is 2.18. The summed E-state index contributed by atoms with van der Waals surface area (Å²) in [5.74, 6) is -0.600. The van der Waals surface area contributed by atoms with Gasteiger partial charge >= 0.3 is 12.0 Å². The molecule has 0 bridgehead atoms. The standard InChI is InChI=1S/C17H31N3O4/c1-12(2)9-14(16(22)24-5)10-18-15(21)13-7-6-8-20(11-13)17(23)19(3)4/h12-14H,6-11H2,1-5H3,(H,18,21)/t13-,14+/m0/s1. The summed E-state index contributed by atoms with van der Waals surface area (Å²) >= 11 is 0. The van der Waals surface area contributed by atoms with Crippen LogP contribution in [0, 0.1) is 17.8 Å². The molecular weight excluding hydrogens is 310 g/mol. The molecule has 24 heavy (non-hydrogen) atoms. The van der Waals surface area contributed by atoms with Crippen molar-refractivity contribution in [3.05, 3.63) is 0 Å². The fourth-order valence-electron chi connectivity index (χ4n) is 3.01. The number of ether oxygens (including phenoxy) is 1. The highest BCUT2D eigenvalue weighted by atomic mass is 16.5. The summed E-state index contributed by atoms with van der Waals surface area (Å²) in [6.45, 7) is 5.45. The van der Waals surface area contributed by atoms with E-state index in [9.17, 15) is 14.4 Å². The number of amides is 3. The molecule has 2 atom stereocenters. The second kappa shape index (κ2) is 9.49. The Bertz CT molecular complexity index is 451. The molecule has 0 spiro atoms. The third-order valence-corrected chi connectivity index (χ3v) is 4.26. The number of nitrogens with zero attached hydrogens (tertiary/aromatic N) is 2. The minimum Gasteiger partial charge on any atom is -0.469 e. The molecule has 0 aromatic heterocycles. The lowest BCUT2D eigenvalue weighted by atomic mass is 9.95. The number of methoxy groups -OCH3 is 1. The molecule has 1 rings (SSSR count). The van der Waals surface area contributed by atoms with Crippen molar-refractivity contribution < 1.29 is 19.1 Å². The summed E-state index contributed by atoms with van der Waals surface area (Å²) in [5, 5.41) is 2.87. The lowest BCUT2D eigenvalue weighted by Crippen LogP contribution is -2.49. The van der Waals surface area contributed by atoms with Crippen LogP contribution in [0.5, 0.6) is 0 Å². The van der Waals surface area contributed by atoms with E-state index in [4.69, 9.17) is 4.74 Å². The third kappa shape index (κ3) is 6.02. The van der Waals surface area contributed by atoms with Gasteiger partial charge < -0.3 is 19.9 Å². The number of esters is 1. The molecule has 1 fully saturated rings. The second-order valence-corrected chi connectivity index (χ2v) is 7.06. The van der Waals surface area contributed by atoms with E-state index in [0.717, 1.165) is 12.8 Å². The first kappa shape index (κ1) is 20.3. The number of urea groups is 1. The summed E-state index contributed by atoms with van der Waals surface area (Å²) in [6, 6.07) is -0.0697. The molecule has 3 amide bonds. The van der Waals surface area contributed by atoms with Crippen LogP contribution in [0.15, 0.2) is 0 Å². The van der Waals surface area contributed by atoms with Gasteiger partial charge in [-0.3, -0.25) is 9.59 Å². The number of rotatable bonds is 6. The maximum atomic E-state index is 12.4. The molecule has 0 aliphatic carbocycles. The molecule has 1 heterocycles. The number of nitrogens with one attached hydrogen (secondary N) is 1. The number of likely N-dealkylation sites (tertiary alicyclic amines) is 1. The summed E-state index contributed by atoms with van der Waals surface area (Å²) in [6.07, 6.45) is 2.24. The van der Waals surface area contributed by atoms with Gasteiger partial charge in [0.1, 0.15) is 0 Å². The van der Waals surface area contributed by atoms with Crippen molar-refractivity contribution in [2.24, 2.45) is 17.8 Å². The zero-order chi connectivity index (χ0) is 18.3. The largest absolute Gasteiger partial charge is 0.469 e. The summed E-state index contributed by atoms with van der Waals surface area (Å²) in [4.78, 5) is 39.5. The van der Waals surface area contributed by atoms with E-state index in [1.165, 1.54) is 12.0 Å². The number of piperidine rings is 1. The Morgan fingerprint density at radius 3 is 2.50 bits per heavy atom. The SMILES string of the molecule is COC(=O)[C@@H](CNC(=O)[C@H]1CCCN(C(=O)N(C)C)C1)CC(C)C. The Hall–Kier alpha value is -1.79. The molecule has 0 saturated carbocycles. The van der Waals surface area contributed by atoms with Crippen molar-refractivity contribution in [2.45, 2.75) is 33.1 Å². The lowest BCUT2D eigenvalue weighted by molar-refractivity contribution is -0.146. The molecule has 138 valence electrons. The second-order valence-electron chi connectivity index (χ2n) is 7.06. The van der Waals surface area contributed by atoms with Gasteiger partial charge in [-0.25, -0.2) is 4.79 Å². The van der Waals surface area contributed by atoms with Crippen molar-refractivity contribution in [3.63, 3.8) is 0 Å². The molecule has 0 radical (unpaired) electrons.